The summed E-state index contributed by atoms with van der Waals surface area (Å²) in [7, 11) is 0. The second kappa shape index (κ2) is 4.66. The predicted molar refractivity (Wildman–Crippen MR) is 62.8 cm³/mol. The van der Waals surface area contributed by atoms with E-state index in [2.05, 4.69) is 0 Å². The number of hydrogen-bond acceptors (Lipinski definition) is 5. The molecule has 0 radical (unpaired) electrons. The van der Waals surface area contributed by atoms with Crippen molar-refractivity contribution in [1.82, 2.24) is 0 Å². The molecule has 2 N–H and O–H groups in total. The van der Waals surface area contributed by atoms with Crippen LogP contribution >= 0.6 is 0 Å². The first kappa shape index (κ1) is 11.6. The maximum Gasteiger partial charge on any atom is 0.231 e. The summed E-state index contributed by atoms with van der Waals surface area (Å²) in [6, 6.07) is 3.44. The lowest BCUT2D eigenvalue weighted by Gasteiger charge is -2.19. The third kappa shape index (κ3) is 2.00. The van der Waals surface area contributed by atoms with E-state index in [1.54, 1.807) is 12.1 Å². The van der Waals surface area contributed by atoms with Crippen molar-refractivity contribution in [2.24, 2.45) is 0 Å². The van der Waals surface area contributed by atoms with Crippen LogP contribution < -0.4 is 14.2 Å². The molecule has 1 aromatic carbocycles. The molecule has 98 valence electrons. The topological polar surface area (TPSA) is 68.2 Å². The minimum Gasteiger partial charge on any atom is -0.487 e. The Morgan fingerprint density at radius 1 is 1.22 bits per heavy atom. The number of ether oxygens (including phenoxy) is 3. The summed E-state index contributed by atoms with van der Waals surface area (Å²) in [4.78, 5) is 0. The van der Waals surface area contributed by atoms with Crippen molar-refractivity contribution >= 4 is 0 Å². The van der Waals surface area contributed by atoms with Gasteiger partial charge in [0.2, 0.25) is 6.79 Å². The molecule has 5 nitrogen and oxygen atoms in total. The predicted octanol–water partition coefficient (Wildman–Crippen LogP) is 1.20. The first-order chi connectivity index (χ1) is 8.78. The Morgan fingerprint density at radius 2 is 2.00 bits per heavy atom. The van der Waals surface area contributed by atoms with Crippen LogP contribution in [0.3, 0.4) is 0 Å². The second-order valence-corrected chi connectivity index (χ2v) is 4.63. The van der Waals surface area contributed by atoms with Gasteiger partial charge in [0.25, 0.3) is 0 Å². The van der Waals surface area contributed by atoms with Crippen molar-refractivity contribution in [3.05, 3.63) is 17.7 Å². The standard InChI is InChI=1S/C13H16O5/c14-6-8-4-12-13(17-7-16-12)5-11(8)18-10-3-1-2-9(10)15/h4-5,9-10,14-15H,1-3,6-7H2. The number of benzene rings is 1. The van der Waals surface area contributed by atoms with Crippen LogP contribution in [0.5, 0.6) is 17.2 Å². The zero-order valence-electron chi connectivity index (χ0n) is 9.96. The highest BCUT2D eigenvalue weighted by molar-refractivity contribution is 5.51. The average molecular weight is 252 g/mol. The molecule has 1 aliphatic carbocycles. The molecule has 2 aliphatic rings. The fourth-order valence-electron chi connectivity index (χ4n) is 2.41. The van der Waals surface area contributed by atoms with Crippen LogP contribution in [0.25, 0.3) is 0 Å². The Hall–Kier alpha value is -1.46. The molecule has 18 heavy (non-hydrogen) atoms. The van der Waals surface area contributed by atoms with Crippen LogP contribution in [-0.4, -0.2) is 29.2 Å². The van der Waals surface area contributed by atoms with Crippen molar-refractivity contribution in [1.29, 1.82) is 0 Å². The van der Waals surface area contributed by atoms with E-state index in [4.69, 9.17) is 14.2 Å². The zero-order valence-corrected chi connectivity index (χ0v) is 9.96. The highest BCUT2D eigenvalue weighted by Crippen LogP contribution is 2.39. The van der Waals surface area contributed by atoms with Crippen LogP contribution in [0.1, 0.15) is 24.8 Å². The zero-order chi connectivity index (χ0) is 12.5. The quantitative estimate of drug-likeness (QED) is 0.846. The molecule has 1 fully saturated rings. The average Bonchev–Trinajstić information content (AvgIpc) is 2.98. The molecule has 2 atom stereocenters. The van der Waals surface area contributed by atoms with Crippen molar-refractivity contribution in [3.63, 3.8) is 0 Å². The van der Waals surface area contributed by atoms with Crippen LogP contribution in [0.4, 0.5) is 0 Å². The molecule has 1 heterocycles. The minimum absolute atomic E-state index is 0.130. The van der Waals surface area contributed by atoms with E-state index in [1.807, 2.05) is 0 Å². The summed E-state index contributed by atoms with van der Waals surface area (Å²) in [5.41, 5.74) is 0.651. The monoisotopic (exact) mass is 252 g/mol. The van der Waals surface area contributed by atoms with E-state index < -0.39 is 6.10 Å². The molecule has 0 bridgehead atoms. The molecular formula is C13H16O5. The third-order valence-electron chi connectivity index (χ3n) is 3.42. The normalized spacial score (nSPS) is 25.4. The lowest BCUT2D eigenvalue weighted by Crippen LogP contribution is -2.26. The van der Waals surface area contributed by atoms with Crippen molar-refractivity contribution < 1.29 is 24.4 Å². The Balaban J connectivity index is 1.86. The molecule has 0 saturated heterocycles. The SMILES string of the molecule is OCc1cc2c(cc1OC1CCCC1O)OCO2. The first-order valence-electron chi connectivity index (χ1n) is 6.16. The minimum atomic E-state index is -0.429. The summed E-state index contributed by atoms with van der Waals surface area (Å²) in [6.07, 6.45) is 1.94. The molecule has 1 aliphatic heterocycles. The van der Waals surface area contributed by atoms with Gasteiger partial charge >= 0.3 is 0 Å². The van der Waals surface area contributed by atoms with Crippen molar-refractivity contribution in [2.75, 3.05) is 6.79 Å². The van der Waals surface area contributed by atoms with Gasteiger partial charge in [-0.05, 0) is 25.3 Å². The number of rotatable bonds is 3. The molecule has 2 unspecified atom stereocenters. The highest BCUT2D eigenvalue weighted by atomic mass is 16.7. The molecule has 1 aromatic rings. The summed E-state index contributed by atoms with van der Waals surface area (Å²) in [5, 5.41) is 19.1. The van der Waals surface area contributed by atoms with Crippen molar-refractivity contribution in [3.8, 4) is 17.2 Å². The summed E-state index contributed by atoms with van der Waals surface area (Å²) in [5.74, 6) is 1.81. The Bertz CT molecular complexity index is 445. The van der Waals surface area contributed by atoms with E-state index >= 15 is 0 Å². The van der Waals surface area contributed by atoms with E-state index in [-0.39, 0.29) is 19.5 Å². The molecule has 0 amide bonds. The van der Waals surface area contributed by atoms with Gasteiger partial charge < -0.3 is 24.4 Å². The maximum atomic E-state index is 9.76. The molecule has 5 heteroatoms. The second-order valence-electron chi connectivity index (χ2n) is 4.63. The number of aliphatic hydroxyl groups excluding tert-OH is 2. The highest BCUT2D eigenvalue weighted by Gasteiger charge is 2.28. The Labute approximate surface area is 105 Å². The van der Waals surface area contributed by atoms with E-state index in [0.29, 0.717) is 22.8 Å². The van der Waals surface area contributed by atoms with Gasteiger partial charge in [0, 0.05) is 11.6 Å². The largest absolute Gasteiger partial charge is 0.487 e. The van der Waals surface area contributed by atoms with E-state index in [1.165, 1.54) is 0 Å². The lowest BCUT2D eigenvalue weighted by atomic mass is 10.1. The first-order valence-corrected chi connectivity index (χ1v) is 6.16. The molecule has 0 aromatic heterocycles. The van der Waals surface area contributed by atoms with Crippen LogP contribution in [0.15, 0.2) is 12.1 Å². The van der Waals surface area contributed by atoms with E-state index in [9.17, 15) is 10.2 Å². The lowest BCUT2D eigenvalue weighted by molar-refractivity contribution is 0.0587. The van der Waals surface area contributed by atoms with Crippen LogP contribution in [-0.2, 0) is 6.61 Å². The molecule has 0 spiro atoms. The van der Waals surface area contributed by atoms with E-state index in [0.717, 1.165) is 19.3 Å². The van der Waals surface area contributed by atoms with Gasteiger partial charge in [0.15, 0.2) is 11.5 Å². The fourth-order valence-corrected chi connectivity index (χ4v) is 2.41. The van der Waals surface area contributed by atoms with Crippen LogP contribution in [0, 0.1) is 0 Å². The maximum absolute atomic E-state index is 9.76. The number of fused-ring (bicyclic) bond motifs is 1. The fraction of sp³-hybridized carbons (Fsp3) is 0.538. The summed E-state index contributed by atoms with van der Waals surface area (Å²) >= 11 is 0. The van der Waals surface area contributed by atoms with Crippen LogP contribution in [0.2, 0.25) is 0 Å². The number of hydrogen-bond donors (Lipinski definition) is 2. The van der Waals surface area contributed by atoms with Crippen molar-refractivity contribution in [2.45, 2.75) is 38.1 Å². The summed E-state index contributed by atoms with van der Waals surface area (Å²) in [6.45, 7) is 0.0600. The third-order valence-corrected chi connectivity index (χ3v) is 3.42. The molecule has 3 rings (SSSR count). The summed E-state index contributed by atoms with van der Waals surface area (Å²) < 4.78 is 16.3. The van der Waals surface area contributed by atoms with Gasteiger partial charge in [-0.2, -0.15) is 0 Å². The van der Waals surface area contributed by atoms with Gasteiger partial charge in [-0.25, -0.2) is 0 Å². The van der Waals surface area contributed by atoms with Gasteiger partial charge in [-0.1, -0.05) is 0 Å². The Morgan fingerprint density at radius 3 is 2.67 bits per heavy atom. The molecular weight excluding hydrogens is 236 g/mol. The van der Waals surface area contributed by atoms with Gasteiger partial charge in [-0.3, -0.25) is 0 Å². The van der Waals surface area contributed by atoms with Gasteiger partial charge in [0.05, 0.1) is 12.7 Å². The number of aliphatic hydroxyl groups is 2. The smallest absolute Gasteiger partial charge is 0.231 e. The Kier molecular flexibility index (Phi) is 3.01. The van der Waals surface area contributed by atoms with Gasteiger partial charge in [-0.15, -0.1) is 0 Å². The van der Waals surface area contributed by atoms with Gasteiger partial charge in [0.1, 0.15) is 11.9 Å². The molecule has 1 saturated carbocycles.